The molecule has 0 bridgehead atoms. The van der Waals surface area contributed by atoms with E-state index in [4.69, 9.17) is 0 Å². The number of aliphatic hydroxyl groups excluding tert-OH is 1. The van der Waals surface area contributed by atoms with Crippen LogP contribution >= 0.6 is 0 Å². The first-order chi connectivity index (χ1) is 10.2. The van der Waals surface area contributed by atoms with E-state index >= 15 is 0 Å². The maximum Gasteiger partial charge on any atom is 0.223 e. The molecule has 0 saturated heterocycles. The zero-order chi connectivity index (χ0) is 16.9. The Morgan fingerprint density at radius 3 is 2.14 bits per heavy atom. The van der Waals surface area contributed by atoms with E-state index in [1.807, 2.05) is 0 Å². The smallest absolute Gasteiger partial charge is 0.223 e. The fourth-order valence-electron chi connectivity index (χ4n) is 2.66. The summed E-state index contributed by atoms with van der Waals surface area (Å²) in [4.78, 5) is 14.1. The number of nitrogens with zero attached hydrogens (tertiary/aromatic N) is 2. The second kappa shape index (κ2) is 8.34. The third kappa shape index (κ3) is 6.20. The van der Waals surface area contributed by atoms with Crippen LogP contribution < -0.4 is 5.43 Å². The molecule has 0 aliphatic heterocycles. The van der Waals surface area contributed by atoms with Gasteiger partial charge in [-0.1, -0.05) is 27.7 Å². The molecule has 0 fully saturated rings. The van der Waals surface area contributed by atoms with Crippen molar-refractivity contribution in [2.24, 2.45) is 11.8 Å². The average Bonchev–Trinajstić information content (AvgIpc) is 2.33. The zero-order valence-electron chi connectivity index (χ0n) is 14.4. The Morgan fingerprint density at radius 1 is 1.14 bits per heavy atom. The fourth-order valence-corrected chi connectivity index (χ4v) is 2.66. The second-order valence-corrected chi connectivity index (χ2v) is 7.00. The molecule has 0 spiro atoms. The van der Waals surface area contributed by atoms with E-state index in [1.165, 1.54) is 12.3 Å². The summed E-state index contributed by atoms with van der Waals surface area (Å²) in [6.07, 6.45) is 0.886. The van der Waals surface area contributed by atoms with Crippen molar-refractivity contribution in [1.29, 1.82) is 0 Å². The Balaban J connectivity index is 3.05. The van der Waals surface area contributed by atoms with Gasteiger partial charge in [-0.05, 0) is 18.8 Å². The lowest BCUT2D eigenvalue weighted by atomic mass is 10.1. The minimum atomic E-state index is -0.538. The lowest BCUT2D eigenvalue weighted by Gasteiger charge is -2.27. The maximum absolute atomic E-state index is 11.8. The molecule has 0 radical (unpaired) electrons. The van der Waals surface area contributed by atoms with Gasteiger partial charge in [0, 0.05) is 37.9 Å². The molecule has 22 heavy (non-hydrogen) atoms. The van der Waals surface area contributed by atoms with Crippen LogP contribution in [0.25, 0.3) is 0 Å². The fraction of sp³-hybridized carbons (Fsp3) is 0.706. The third-order valence-corrected chi connectivity index (χ3v) is 3.29. The van der Waals surface area contributed by atoms with Gasteiger partial charge < -0.3 is 14.8 Å². The Bertz CT molecular complexity index is 511. The molecule has 0 aliphatic carbocycles. The molecule has 1 aromatic heterocycles. The summed E-state index contributed by atoms with van der Waals surface area (Å²) in [6.45, 7) is 13.3. The van der Waals surface area contributed by atoms with Crippen molar-refractivity contribution >= 4 is 0 Å². The number of aromatic nitrogens is 1. The number of aromatic hydroxyl groups is 1. The predicted molar refractivity (Wildman–Crippen MR) is 89.0 cm³/mol. The van der Waals surface area contributed by atoms with Crippen LogP contribution in [0.15, 0.2) is 17.1 Å². The van der Waals surface area contributed by atoms with Crippen LogP contribution in [-0.4, -0.2) is 38.9 Å². The van der Waals surface area contributed by atoms with Crippen molar-refractivity contribution in [2.75, 3.05) is 13.1 Å². The van der Waals surface area contributed by atoms with Crippen LogP contribution in [0.4, 0.5) is 0 Å². The second-order valence-electron chi connectivity index (χ2n) is 7.00. The van der Waals surface area contributed by atoms with Gasteiger partial charge in [0.2, 0.25) is 5.43 Å². The molecular weight excluding hydrogens is 280 g/mol. The molecule has 126 valence electrons. The molecule has 2 N–H and O–H groups in total. The SMILES string of the molecule is CC(C)CN(Cc1cc(=O)c(O)cn1CC(C)O)CC(C)C. The summed E-state index contributed by atoms with van der Waals surface area (Å²) in [6, 6.07) is 1.48. The standard InChI is InChI=1S/C17H30N2O3/c1-12(2)7-18(8-13(3)4)10-15-6-16(21)17(22)11-19(15)9-14(5)20/h6,11-14,20,22H,7-10H2,1-5H3. The van der Waals surface area contributed by atoms with Gasteiger partial charge >= 0.3 is 0 Å². The predicted octanol–water partition coefficient (Wildman–Crippen LogP) is 2.05. The minimum absolute atomic E-state index is 0.274. The van der Waals surface area contributed by atoms with E-state index in [-0.39, 0.29) is 11.2 Å². The highest BCUT2D eigenvalue weighted by atomic mass is 16.3. The van der Waals surface area contributed by atoms with Crippen molar-refractivity contribution < 1.29 is 10.2 Å². The van der Waals surface area contributed by atoms with E-state index in [1.54, 1.807) is 11.5 Å². The van der Waals surface area contributed by atoms with Crippen LogP contribution in [0.1, 0.15) is 40.3 Å². The number of pyridine rings is 1. The summed E-state index contributed by atoms with van der Waals surface area (Å²) >= 11 is 0. The number of hydrogen-bond donors (Lipinski definition) is 2. The van der Waals surface area contributed by atoms with Crippen LogP contribution in [0.3, 0.4) is 0 Å². The normalized spacial score (nSPS) is 13.3. The molecular formula is C17H30N2O3. The van der Waals surface area contributed by atoms with E-state index in [0.717, 1.165) is 18.8 Å². The van der Waals surface area contributed by atoms with Gasteiger partial charge in [-0.2, -0.15) is 0 Å². The Morgan fingerprint density at radius 2 is 1.68 bits per heavy atom. The summed E-state index contributed by atoms with van der Waals surface area (Å²) < 4.78 is 1.77. The van der Waals surface area contributed by atoms with Gasteiger partial charge in [0.15, 0.2) is 5.75 Å². The molecule has 0 aromatic carbocycles. The summed E-state index contributed by atoms with van der Waals surface area (Å²) in [5.74, 6) is 0.796. The van der Waals surface area contributed by atoms with Crippen LogP contribution in [0.2, 0.25) is 0 Å². The van der Waals surface area contributed by atoms with Crippen LogP contribution in [0, 0.1) is 11.8 Å². The van der Waals surface area contributed by atoms with Crippen molar-refractivity contribution in [3.8, 4) is 5.75 Å². The maximum atomic E-state index is 11.8. The van der Waals surface area contributed by atoms with Gasteiger partial charge in [-0.25, -0.2) is 0 Å². The first-order valence-electron chi connectivity index (χ1n) is 8.01. The summed E-state index contributed by atoms with van der Waals surface area (Å²) in [7, 11) is 0. The topological polar surface area (TPSA) is 65.7 Å². The van der Waals surface area contributed by atoms with E-state index in [2.05, 4.69) is 32.6 Å². The van der Waals surface area contributed by atoms with Crippen LogP contribution in [0.5, 0.6) is 5.75 Å². The summed E-state index contributed by atoms with van der Waals surface area (Å²) in [5.41, 5.74) is 0.455. The average molecular weight is 310 g/mol. The largest absolute Gasteiger partial charge is 0.503 e. The third-order valence-electron chi connectivity index (χ3n) is 3.29. The molecule has 1 aromatic rings. The number of rotatable bonds is 8. The van der Waals surface area contributed by atoms with E-state index in [0.29, 0.717) is 24.9 Å². The highest BCUT2D eigenvalue weighted by molar-refractivity contribution is 5.20. The molecule has 0 saturated carbocycles. The molecule has 1 unspecified atom stereocenters. The first kappa shape index (κ1) is 18.7. The monoisotopic (exact) mass is 310 g/mol. The van der Waals surface area contributed by atoms with Gasteiger partial charge in [0.05, 0.1) is 12.3 Å². The van der Waals surface area contributed by atoms with Crippen molar-refractivity contribution in [1.82, 2.24) is 9.47 Å². The summed E-state index contributed by atoms with van der Waals surface area (Å²) in [5, 5.41) is 19.3. The Kier molecular flexibility index (Phi) is 7.10. The highest BCUT2D eigenvalue weighted by Gasteiger charge is 2.14. The van der Waals surface area contributed by atoms with Crippen molar-refractivity contribution in [2.45, 2.75) is 53.8 Å². The van der Waals surface area contributed by atoms with Crippen molar-refractivity contribution in [3.63, 3.8) is 0 Å². The Labute approximate surface area is 133 Å². The van der Waals surface area contributed by atoms with Crippen molar-refractivity contribution in [3.05, 3.63) is 28.2 Å². The van der Waals surface area contributed by atoms with Gasteiger partial charge in [0.1, 0.15) is 0 Å². The minimum Gasteiger partial charge on any atom is -0.503 e. The molecule has 1 atom stereocenters. The molecule has 0 amide bonds. The van der Waals surface area contributed by atoms with Crippen LogP contribution in [-0.2, 0) is 13.1 Å². The molecule has 1 rings (SSSR count). The van der Waals surface area contributed by atoms with Gasteiger partial charge in [-0.15, -0.1) is 0 Å². The lowest BCUT2D eigenvalue weighted by Crippen LogP contribution is -2.33. The highest BCUT2D eigenvalue weighted by Crippen LogP contribution is 2.12. The van der Waals surface area contributed by atoms with E-state index in [9.17, 15) is 15.0 Å². The number of aliphatic hydroxyl groups is 1. The molecule has 5 heteroatoms. The number of hydrogen-bond acceptors (Lipinski definition) is 4. The quantitative estimate of drug-likeness (QED) is 0.771. The lowest BCUT2D eigenvalue weighted by molar-refractivity contribution is 0.165. The zero-order valence-corrected chi connectivity index (χ0v) is 14.4. The Hall–Kier alpha value is -1.33. The molecule has 0 aliphatic rings. The van der Waals surface area contributed by atoms with E-state index < -0.39 is 6.10 Å². The van der Waals surface area contributed by atoms with Gasteiger partial charge in [-0.3, -0.25) is 9.69 Å². The van der Waals surface area contributed by atoms with Gasteiger partial charge in [0.25, 0.3) is 0 Å². The molecule has 1 heterocycles. The molecule has 5 nitrogen and oxygen atoms in total. The first-order valence-corrected chi connectivity index (χ1v) is 8.01.